The summed E-state index contributed by atoms with van der Waals surface area (Å²) >= 11 is 0. The van der Waals surface area contributed by atoms with Crippen LogP contribution in [0.3, 0.4) is 0 Å². The monoisotopic (exact) mass is 1070 g/mol. The Morgan fingerprint density at radius 3 is 1.03 bits per heavy atom. The van der Waals surface area contributed by atoms with E-state index < -0.39 is 98.3 Å². The summed E-state index contributed by atoms with van der Waals surface area (Å²) in [6, 6.07) is 26.1. The number of alkyl halides is 18. The first-order chi connectivity index (χ1) is 35.4. The molecule has 0 aliphatic rings. The summed E-state index contributed by atoms with van der Waals surface area (Å²) in [7, 11) is 0. The van der Waals surface area contributed by atoms with Crippen LogP contribution in [0.15, 0.2) is 152 Å². The zero-order valence-electron chi connectivity index (χ0n) is 37.6. The normalized spacial score (nSPS) is 13.1. The Morgan fingerprint density at radius 2 is 0.671 bits per heavy atom. The van der Waals surface area contributed by atoms with Crippen LogP contribution >= 0.6 is 0 Å². The molecule has 2 aromatic heterocycles. The third-order valence-electron chi connectivity index (χ3n) is 12.8. The van der Waals surface area contributed by atoms with E-state index in [9.17, 15) is 71.1 Å². The summed E-state index contributed by atoms with van der Waals surface area (Å²) in [5.41, 5.74) is -14.2. The molecule has 21 heteroatoms. The van der Waals surface area contributed by atoms with Gasteiger partial charge >= 0.3 is 37.1 Å². The molecule has 0 aliphatic carbocycles. The Hall–Kier alpha value is -8.41. The van der Waals surface area contributed by atoms with E-state index in [1.54, 1.807) is 24.3 Å². The van der Waals surface area contributed by atoms with E-state index in [1.165, 1.54) is 69.8 Å². The van der Waals surface area contributed by atoms with Gasteiger partial charge in [-0.15, -0.1) is 0 Å². The van der Waals surface area contributed by atoms with Crippen LogP contribution in [0.1, 0.15) is 38.9 Å². The van der Waals surface area contributed by atoms with E-state index in [-0.39, 0.29) is 73.5 Å². The van der Waals surface area contributed by atoms with Crippen molar-refractivity contribution in [3.8, 4) is 50.8 Å². The van der Waals surface area contributed by atoms with Crippen LogP contribution in [0.4, 0.5) is 79.0 Å². The molecule has 0 amide bonds. The average Bonchev–Trinajstić information content (AvgIpc) is 3.86. The number of nitrogens with zero attached hydrogens (tertiary/aromatic N) is 3. The van der Waals surface area contributed by atoms with Crippen LogP contribution in [0.5, 0.6) is 0 Å². The van der Waals surface area contributed by atoms with E-state index >= 15 is 13.2 Å². The minimum Gasteiger partial charge on any atom is -0.308 e. The van der Waals surface area contributed by atoms with Gasteiger partial charge in [-0.2, -0.15) is 84.3 Å². The standard InChI is InChI=1S/C55H25F18N3/c56-50(57,58)32-11-14-37(43(25-32)55(71,72)73)31-21-48(75-44-7-3-1-5-38(44)40-12-9-27(19-46(40)75)29-15-33(51(59,60)61)23-34(16-29)52(62,63)64)42(26-74)49(22-31)76-45-8-4-2-6-39(45)41-13-10-28(20-47(41)76)30-17-35(53(65,66)67)24-36(18-30)54(68,69)70/h1-25H. The predicted molar refractivity (Wildman–Crippen MR) is 246 cm³/mol. The largest absolute Gasteiger partial charge is 0.417 e. The fourth-order valence-corrected chi connectivity index (χ4v) is 9.50. The maximum absolute atomic E-state index is 15.1. The number of rotatable bonds is 5. The quantitative estimate of drug-likeness (QED) is 0.158. The van der Waals surface area contributed by atoms with Crippen molar-refractivity contribution in [1.29, 1.82) is 5.26 Å². The van der Waals surface area contributed by atoms with Crippen LogP contribution in [0.2, 0.25) is 0 Å². The van der Waals surface area contributed by atoms with Gasteiger partial charge in [-0.3, -0.25) is 0 Å². The van der Waals surface area contributed by atoms with Crippen molar-refractivity contribution >= 4 is 43.6 Å². The number of fused-ring (bicyclic) bond motifs is 6. The summed E-state index contributed by atoms with van der Waals surface area (Å²) in [4.78, 5) is 0. The maximum atomic E-state index is 15.1. The smallest absolute Gasteiger partial charge is 0.308 e. The van der Waals surface area contributed by atoms with Crippen molar-refractivity contribution < 1.29 is 79.0 Å². The van der Waals surface area contributed by atoms with Crippen LogP contribution in [0, 0.1) is 11.3 Å². The van der Waals surface area contributed by atoms with Crippen LogP contribution in [0.25, 0.3) is 88.4 Å². The molecule has 386 valence electrons. The highest BCUT2D eigenvalue weighted by Gasteiger charge is 2.41. The summed E-state index contributed by atoms with van der Waals surface area (Å²) < 4.78 is 260. The zero-order valence-corrected chi connectivity index (χ0v) is 37.6. The second kappa shape index (κ2) is 17.3. The predicted octanol–water partition coefficient (Wildman–Crippen LogP) is 18.9. The van der Waals surface area contributed by atoms with Crippen molar-refractivity contribution in [2.75, 3.05) is 0 Å². The lowest BCUT2D eigenvalue weighted by Crippen LogP contribution is -2.12. The van der Waals surface area contributed by atoms with Gasteiger partial charge in [0, 0.05) is 21.5 Å². The van der Waals surface area contributed by atoms with Gasteiger partial charge in [0.25, 0.3) is 0 Å². The van der Waals surface area contributed by atoms with E-state index in [1.807, 2.05) is 6.07 Å². The third kappa shape index (κ3) is 8.98. The number of benzene rings is 8. The molecule has 0 spiro atoms. The first-order valence-electron chi connectivity index (χ1n) is 22.0. The molecule has 0 saturated heterocycles. The zero-order chi connectivity index (χ0) is 54.8. The first-order valence-corrected chi connectivity index (χ1v) is 22.0. The van der Waals surface area contributed by atoms with Crippen molar-refractivity contribution in [3.63, 3.8) is 0 Å². The van der Waals surface area contributed by atoms with Gasteiger partial charge in [-0.05, 0) is 118 Å². The topological polar surface area (TPSA) is 33.6 Å². The summed E-state index contributed by atoms with van der Waals surface area (Å²) in [6.07, 6.45) is -31.9. The summed E-state index contributed by atoms with van der Waals surface area (Å²) in [5, 5.41) is 12.5. The molecule has 10 rings (SSSR count). The Balaban J connectivity index is 1.35. The van der Waals surface area contributed by atoms with Gasteiger partial charge in [0.2, 0.25) is 0 Å². The van der Waals surface area contributed by atoms with Gasteiger partial charge in [0.05, 0.1) is 66.8 Å². The lowest BCUT2D eigenvalue weighted by Gasteiger charge is -2.21. The minimum atomic E-state index is -5.51. The molecule has 0 bridgehead atoms. The molecule has 0 aliphatic heterocycles. The minimum absolute atomic E-state index is 0.0535. The Morgan fingerprint density at radius 1 is 0.303 bits per heavy atom. The summed E-state index contributed by atoms with van der Waals surface area (Å²) in [6.45, 7) is 0. The Kier molecular flexibility index (Phi) is 11.6. The molecule has 0 radical (unpaired) electrons. The molecular formula is C55H25F18N3. The molecule has 0 N–H and O–H groups in total. The second-order valence-electron chi connectivity index (χ2n) is 17.5. The average molecular weight is 1070 g/mol. The van der Waals surface area contributed by atoms with Crippen LogP contribution in [-0.2, 0) is 37.1 Å². The Bertz CT molecular complexity index is 3760. The molecule has 0 fully saturated rings. The van der Waals surface area contributed by atoms with Crippen molar-refractivity contribution in [3.05, 3.63) is 191 Å². The number of nitriles is 1. The van der Waals surface area contributed by atoms with Gasteiger partial charge < -0.3 is 9.13 Å². The number of para-hydroxylation sites is 2. The van der Waals surface area contributed by atoms with Gasteiger partial charge in [-0.1, -0.05) is 66.7 Å². The number of halogens is 18. The van der Waals surface area contributed by atoms with E-state index in [2.05, 4.69) is 0 Å². The molecule has 10 aromatic rings. The SMILES string of the molecule is N#Cc1c(-n2c3ccccc3c3ccc(-c4cc(C(F)(F)F)cc(C(F)(F)F)c4)cc32)cc(-c2ccc(C(F)(F)F)cc2C(F)(F)F)cc1-n1c2ccccc2c2ccc(-c3cc(C(F)(F)F)cc(C(F)(F)F)c3)cc21. The maximum Gasteiger partial charge on any atom is 0.417 e. The highest BCUT2D eigenvalue weighted by Crippen LogP contribution is 2.47. The van der Waals surface area contributed by atoms with Crippen molar-refractivity contribution in [1.82, 2.24) is 9.13 Å². The van der Waals surface area contributed by atoms with Crippen molar-refractivity contribution in [2.45, 2.75) is 37.1 Å². The Labute approximate surface area is 414 Å². The highest BCUT2D eigenvalue weighted by atomic mass is 19.4. The second-order valence-corrected chi connectivity index (χ2v) is 17.5. The fraction of sp³-hybridized carbons (Fsp3) is 0.109. The third-order valence-corrected chi connectivity index (χ3v) is 12.8. The molecule has 0 atom stereocenters. The van der Waals surface area contributed by atoms with Gasteiger partial charge in [0.1, 0.15) is 11.6 Å². The molecule has 0 saturated carbocycles. The van der Waals surface area contributed by atoms with Crippen LogP contribution in [-0.4, -0.2) is 9.13 Å². The molecule has 0 unspecified atom stereocenters. The van der Waals surface area contributed by atoms with Crippen molar-refractivity contribution in [2.24, 2.45) is 0 Å². The number of hydrogen-bond donors (Lipinski definition) is 0. The van der Waals surface area contributed by atoms with Crippen LogP contribution < -0.4 is 0 Å². The molecule has 2 heterocycles. The molecule has 3 nitrogen and oxygen atoms in total. The summed E-state index contributed by atoms with van der Waals surface area (Å²) in [5.74, 6) is 0. The first kappa shape index (κ1) is 51.1. The number of aromatic nitrogens is 2. The van der Waals surface area contributed by atoms with Gasteiger partial charge in [-0.25, -0.2) is 0 Å². The number of hydrogen-bond acceptors (Lipinski definition) is 1. The molecule has 8 aromatic carbocycles. The lowest BCUT2D eigenvalue weighted by atomic mass is 9.94. The fourth-order valence-electron chi connectivity index (χ4n) is 9.50. The van der Waals surface area contributed by atoms with Gasteiger partial charge in [0.15, 0.2) is 0 Å². The van der Waals surface area contributed by atoms with E-state index in [4.69, 9.17) is 0 Å². The molecular weight excluding hydrogens is 1040 g/mol. The van der Waals surface area contributed by atoms with E-state index in [0.29, 0.717) is 47.2 Å². The lowest BCUT2D eigenvalue weighted by molar-refractivity contribution is -0.144. The van der Waals surface area contributed by atoms with E-state index in [0.717, 1.165) is 12.1 Å². The highest BCUT2D eigenvalue weighted by molar-refractivity contribution is 6.12. The molecule has 76 heavy (non-hydrogen) atoms.